The molecule has 2 heterocycles. The number of para-hydroxylation sites is 1. The molecule has 0 radical (unpaired) electrons. The number of piperidine rings is 1. The molecule has 0 bridgehead atoms. The first kappa shape index (κ1) is 12.9. The maximum atomic E-state index is 10.1. The highest BCUT2D eigenvalue weighted by atomic mass is 16.3. The Balaban J connectivity index is 1.95. The van der Waals surface area contributed by atoms with Gasteiger partial charge in [0.1, 0.15) is 0 Å². The Labute approximate surface area is 115 Å². The number of hydrogen-bond acceptors (Lipinski definition) is 3. The summed E-state index contributed by atoms with van der Waals surface area (Å²) < 4.78 is 0. The Morgan fingerprint density at radius 1 is 1.26 bits per heavy atom. The minimum absolute atomic E-state index is 0.299. The number of benzene rings is 1. The van der Waals surface area contributed by atoms with E-state index in [9.17, 15) is 5.11 Å². The van der Waals surface area contributed by atoms with Gasteiger partial charge in [0.2, 0.25) is 0 Å². The van der Waals surface area contributed by atoms with Crippen LogP contribution in [-0.2, 0) is 5.41 Å². The Bertz CT molecular complexity index is 458. The number of nitrogens with one attached hydrogen (secondary N) is 1. The van der Waals surface area contributed by atoms with Crippen LogP contribution in [0.25, 0.3) is 0 Å². The average molecular weight is 260 g/mol. The van der Waals surface area contributed by atoms with Gasteiger partial charge < -0.3 is 15.3 Å². The summed E-state index contributed by atoms with van der Waals surface area (Å²) in [6.45, 7) is 7.75. The van der Waals surface area contributed by atoms with Crippen LogP contribution in [0.5, 0.6) is 0 Å². The number of nitrogens with zero attached hydrogens (tertiary/aromatic N) is 1. The highest BCUT2D eigenvalue weighted by Gasteiger charge is 2.43. The van der Waals surface area contributed by atoms with Gasteiger partial charge in [-0.2, -0.15) is 0 Å². The van der Waals surface area contributed by atoms with Crippen LogP contribution in [0, 0.1) is 0 Å². The second kappa shape index (κ2) is 4.50. The molecule has 3 rings (SSSR count). The molecule has 1 saturated heterocycles. The van der Waals surface area contributed by atoms with E-state index in [4.69, 9.17) is 0 Å². The lowest BCUT2D eigenvalue weighted by atomic mass is 9.75. The SMILES string of the molecule is CC(C)(O)CN1CC2(CCNCC2)c2ccccc21. The van der Waals surface area contributed by atoms with Crippen molar-refractivity contribution in [1.82, 2.24) is 5.32 Å². The van der Waals surface area contributed by atoms with Crippen LogP contribution < -0.4 is 10.2 Å². The summed E-state index contributed by atoms with van der Waals surface area (Å²) in [5.74, 6) is 0. The maximum Gasteiger partial charge on any atom is 0.0765 e. The van der Waals surface area contributed by atoms with Crippen molar-refractivity contribution in [2.45, 2.75) is 37.7 Å². The number of hydrogen-bond donors (Lipinski definition) is 2. The van der Waals surface area contributed by atoms with Gasteiger partial charge in [0.05, 0.1) is 5.60 Å². The van der Waals surface area contributed by atoms with Crippen LogP contribution in [0.4, 0.5) is 5.69 Å². The summed E-state index contributed by atoms with van der Waals surface area (Å²) in [5.41, 5.74) is 2.46. The molecule has 2 aliphatic rings. The van der Waals surface area contributed by atoms with Gasteiger partial charge in [-0.15, -0.1) is 0 Å². The van der Waals surface area contributed by atoms with E-state index in [-0.39, 0.29) is 0 Å². The molecule has 1 aromatic carbocycles. The van der Waals surface area contributed by atoms with Crippen molar-refractivity contribution in [3.05, 3.63) is 29.8 Å². The molecule has 0 amide bonds. The molecule has 1 spiro atoms. The third kappa shape index (κ3) is 2.37. The molecule has 2 N–H and O–H groups in total. The molecule has 2 aliphatic heterocycles. The monoisotopic (exact) mass is 260 g/mol. The van der Waals surface area contributed by atoms with E-state index in [1.807, 2.05) is 13.8 Å². The van der Waals surface area contributed by atoms with Crippen molar-refractivity contribution in [3.63, 3.8) is 0 Å². The van der Waals surface area contributed by atoms with E-state index in [1.165, 1.54) is 24.1 Å². The average Bonchev–Trinajstić information content (AvgIpc) is 2.64. The van der Waals surface area contributed by atoms with Gasteiger partial charge in [-0.05, 0) is 51.4 Å². The number of fused-ring (bicyclic) bond motifs is 2. The smallest absolute Gasteiger partial charge is 0.0765 e. The molecular formula is C16H24N2O. The van der Waals surface area contributed by atoms with Gasteiger partial charge >= 0.3 is 0 Å². The molecule has 19 heavy (non-hydrogen) atoms. The molecule has 104 valence electrons. The van der Waals surface area contributed by atoms with Crippen molar-refractivity contribution in [2.75, 3.05) is 31.1 Å². The molecular weight excluding hydrogens is 236 g/mol. The van der Waals surface area contributed by atoms with Gasteiger partial charge in [-0.1, -0.05) is 18.2 Å². The summed E-state index contributed by atoms with van der Waals surface area (Å²) in [6, 6.07) is 8.75. The standard InChI is InChI=1S/C16H24N2O/c1-15(2,19)11-18-12-16(7-9-17-10-8-16)13-5-3-4-6-14(13)18/h3-6,17,19H,7-12H2,1-2H3. The number of anilines is 1. The van der Waals surface area contributed by atoms with Gasteiger partial charge in [0, 0.05) is 24.2 Å². The van der Waals surface area contributed by atoms with Crippen molar-refractivity contribution < 1.29 is 5.11 Å². The molecule has 1 fully saturated rings. The second-order valence-electron chi connectivity index (χ2n) is 6.72. The fourth-order valence-electron chi connectivity index (χ4n) is 3.67. The van der Waals surface area contributed by atoms with E-state index < -0.39 is 5.60 Å². The minimum Gasteiger partial charge on any atom is -0.389 e. The maximum absolute atomic E-state index is 10.1. The molecule has 0 aliphatic carbocycles. The Hall–Kier alpha value is -1.06. The van der Waals surface area contributed by atoms with Crippen LogP contribution in [-0.4, -0.2) is 36.9 Å². The molecule has 3 nitrogen and oxygen atoms in total. The third-order valence-corrected chi connectivity index (χ3v) is 4.45. The number of aliphatic hydroxyl groups is 1. The van der Waals surface area contributed by atoms with Crippen LogP contribution in [0.15, 0.2) is 24.3 Å². The summed E-state index contributed by atoms with van der Waals surface area (Å²) >= 11 is 0. The van der Waals surface area contributed by atoms with E-state index in [1.54, 1.807) is 0 Å². The van der Waals surface area contributed by atoms with Crippen molar-refractivity contribution in [1.29, 1.82) is 0 Å². The lowest BCUT2D eigenvalue weighted by molar-refractivity contribution is 0.0866. The van der Waals surface area contributed by atoms with E-state index in [2.05, 4.69) is 34.5 Å². The van der Waals surface area contributed by atoms with Gasteiger partial charge in [0.25, 0.3) is 0 Å². The summed E-state index contributed by atoms with van der Waals surface area (Å²) in [5, 5.41) is 13.6. The predicted molar refractivity (Wildman–Crippen MR) is 78.7 cm³/mol. The summed E-state index contributed by atoms with van der Waals surface area (Å²) in [7, 11) is 0. The van der Waals surface area contributed by atoms with Crippen LogP contribution in [0.1, 0.15) is 32.3 Å². The Morgan fingerprint density at radius 3 is 2.63 bits per heavy atom. The van der Waals surface area contributed by atoms with Crippen molar-refractivity contribution in [3.8, 4) is 0 Å². The summed E-state index contributed by atoms with van der Waals surface area (Å²) in [4.78, 5) is 2.38. The molecule has 1 aromatic rings. The summed E-state index contributed by atoms with van der Waals surface area (Å²) in [6.07, 6.45) is 2.40. The second-order valence-corrected chi connectivity index (χ2v) is 6.72. The number of rotatable bonds is 2. The Kier molecular flexibility index (Phi) is 3.06. The van der Waals surface area contributed by atoms with Gasteiger partial charge in [-0.25, -0.2) is 0 Å². The third-order valence-electron chi connectivity index (χ3n) is 4.45. The fraction of sp³-hybridized carbons (Fsp3) is 0.625. The molecule has 0 unspecified atom stereocenters. The predicted octanol–water partition coefficient (Wildman–Crippen LogP) is 1.90. The zero-order valence-electron chi connectivity index (χ0n) is 11.9. The highest BCUT2D eigenvalue weighted by Crippen LogP contribution is 2.46. The van der Waals surface area contributed by atoms with E-state index in [0.717, 1.165) is 19.6 Å². The van der Waals surface area contributed by atoms with Crippen LogP contribution in [0.3, 0.4) is 0 Å². The lowest BCUT2D eigenvalue weighted by Crippen LogP contribution is -2.45. The van der Waals surface area contributed by atoms with Gasteiger partial charge in [0.15, 0.2) is 0 Å². The first-order chi connectivity index (χ1) is 9.00. The molecule has 0 aromatic heterocycles. The van der Waals surface area contributed by atoms with E-state index in [0.29, 0.717) is 12.0 Å². The lowest BCUT2D eigenvalue weighted by Gasteiger charge is -2.36. The molecule has 0 saturated carbocycles. The topological polar surface area (TPSA) is 35.5 Å². The first-order valence-electron chi connectivity index (χ1n) is 7.28. The first-order valence-corrected chi connectivity index (χ1v) is 7.28. The zero-order valence-corrected chi connectivity index (χ0v) is 11.9. The number of β-amino-alcohol motifs (C(OH)–C–C–N with tert-alkyl or cyclic N) is 1. The molecule has 0 atom stereocenters. The van der Waals surface area contributed by atoms with Crippen LogP contribution in [0.2, 0.25) is 0 Å². The Morgan fingerprint density at radius 2 is 1.95 bits per heavy atom. The van der Waals surface area contributed by atoms with Crippen molar-refractivity contribution >= 4 is 5.69 Å². The van der Waals surface area contributed by atoms with Gasteiger partial charge in [-0.3, -0.25) is 0 Å². The minimum atomic E-state index is -0.647. The van der Waals surface area contributed by atoms with Crippen LogP contribution >= 0.6 is 0 Å². The molecule has 3 heteroatoms. The van der Waals surface area contributed by atoms with E-state index >= 15 is 0 Å². The van der Waals surface area contributed by atoms with Crippen molar-refractivity contribution in [2.24, 2.45) is 0 Å². The zero-order chi connectivity index (χ0) is 13.5. The largest absolute Gasteiger partial charge is 0.389 e. The normalized spacial score (nSPS) is 21.7. The quantitative estimate of drug-likeness (QED) is 0.852. The fourth-order valence-corrected chi connectivity index (χ4v) is 3.67. The highest BCUT2D eigenvalue weighted by molar-refractivity contribution is 5.63.